The van der Waals surface area contributed by atoms with Gasteiger partial charge < -0.3 is 4.74 Å². The van der Waals surface area contributed by atoms with Gasteiger partial charge in [0.2, 0.25) is 0 Å². The maximum atomic E-state index is 10.7. The summed E-state index contributed by atoms with van der Waals surface area (Å²) in [4.78, 5) is 10.3. The molecule has 1 aliphatic heterocycles. The highest BCUT2D eigenvalue weighted by atomic mass is 16.6. The molecule has 1 heterocycles. The van der Waals surface area contributed by atoms with Crippen LogP contribution in [0.15, 0.2) is 66.9 Å². The number of nitrogens with zero attached hydrogens (tertiary/aromatic N) is 1. The molecule has 4 heteroatoms. The molecule has 0 saturated heterocycles. The molecule has 0 atom stereocenters. The third-order valence-electron chi connectivity index (χ3n) is 3.36. The molecule has 104 valence electrons. The molecule has 4 nitrogen and oxygen atoms in total. The predicted molar refractivity (Wildman–Crippen MR) is 81.2 cm³/mol. The standard InChI is InChI=1S/C17H13NO3/c1-12-11-16(13-5-3-2-4-6-13)17(21-12)14-7-9-15(10-8-14)18(19)20/h2-10H,1,11H2. The number of hydrogen-bond donors (Lipinski definition) is 0. The SMILES string of the molecule is C=C1CC(c2ccccc2)=C(c2ccc([N+](=O)[O-])cc2)O1. The molecule has 0 amide bonds. The van der Waals surface area contributed by atoms with Crippen LogP contribution < -0.4 is 0 Å². The number of rotatable bonds is 3. The second-order valence-corrected chi connectivity index (χ2v) is 4.80. The molecular weight excluding hydrogens is 266 g/mol. The molecule has 21 heavy (non-hydrogen) atoms. The zero-order chi connectivity index (χ0) is 14.8. The van der Waals surface area contributed by atoms with Gasteiger partial charge in [0.15, 0.2) is 0 Å². The van der Waals surface area contributed by atoms with Crippen LogP contribution in [0.5, 0.6) is 0 Å². The van der Waals surface area contributed by atoms with Crippen molar-refractivity contribution >= 4 is 17.0 Å². The summed E-state index contributed by atoms with van der Waals surface area (Å²) in [6, 6.07) is 16.3. The number of allylic oxidation sites excluding steroid dienone is 1. The first-order valence-corrected chi connectivity index (χ1v) is 6.54. The van der Waals surface area contributed by atoms with Gasteiger partial charge in [-0.15, -0.1) is 0 Å². The van der Waals surface area contributed by atoms with Crippen molar-refractivity contribution in [3.63, 3.8) is 0 Å². The van der Waals surface area contributed by atoms with Crippen molar-refractivity contribution in [1.29, 1.82) is 0 Å². The Kier molecular flexibility index (Phi) is 3.28. The average molecular weight is 279 g/mol. The molecule has 0 saturated carbocycles. The fourth-order valence-corrected chi connectivity index (χ4v) is 2.36. The Hall–Kier alpha value is -2.88. The first-order chi connectivity index (χ1) is 10.1. The minimum Gasteiger partial charge on any atom is -0.461 e. The highest BCUT2D eigenvalue weighted by Crippen LogP contribution is 2.39. The van der Waals surface area contributed by atoms with E-state index in [1.165, 1.54) is 12.1 Å². The van der Waals surface area contributed by atoms with Crippen molar-refractivity contribution in [3.05, 3.63) is 88.2 Å². The van der Waals surface area contributed by atoms with E-state index >= 15 is 0 Å². The molecule has 0 aliphatic carbocycles. The maximum Gasteiger partial charge on any atom is 0.269 e. The first kappa shape index (κ1) is 13.1. The molecule has 0 unspecified atom stereocenters. The second kappa shape index (κ2) is 5.25. The largest absolute Gasteiger partial charge is 0.461 e. The van der Waals surface area contributed by atoms with Crippen LogP contribution in [0.2, 0.25) is 0 Å². The Morgan fingerprint density at radius 3 is 2.29 bits per heavy atom. The van der Waals surface area contributed by atoms with Crippen molar-refractivity contribution in [3.8, 4) is 0 Å². The molecular formula is C17H13NO3. The lowest BCUT2D eigenvalue weighted by molar-refractivity contribution is -0.384. The third-order valence-corrected chi connectivity index (χ3v) is 3.36. The summed E-state index contributed by atoms with van der Waals surface area (Å²) in [6.45, 7) is 3.88. The fraction of sp³-hybridized carbons (Fsp3) is 0.0588. The van der Waals surface area contributed by atoms with Gasteiger partial charge in [0.05, 0.1) is 4.92 Å². The Morgan fingerprint density at radius 2 is 1.67 bits per heavy atom. The predicted octanol–water partition coefficient (Wildman–Crippen LogP) is 4.40. The summed E-state index contributed by atoms with van der Waals surface area (Å²) in [5.41, 5.74) is 3.01. The normalized spacial score (nSPS) is 14.2. The van der Waals surface area contributed by atoms with Crippen LogP contribution in [0.25, 0.3) is 11.3 Å². The Labute approximate surface area is 122 Å². The van der Waals surface area contributed by atoms with Crippen molar-refractivity contribution in [1.82, 2.24) is 0 Å². The van der Waals surface area contributed by atoms with E-state index in [0.29, 0.717) is 12.2 Å². The summed E-state index contributed by atoms with van der Waals surface area (Å²) in [7, 11) is 0. The lowest BCUT2D eigenvalue weighted by atomic mass is 9.99. The quantitative estimate of drug-likeness (QED) is 0.618. The van der Waals surface area contributed by atoms with Crippen LogP contribution >= 0.6 is 0 Å². The monoisotopic (exact) mass is 279 g/mol. The molecule has 0 aromatic heterocycles. The smallest absolute Gasteiger partial charge is 0.269 e. The molecule has 0 N–H and O–H groups in total. The van der Waals surface area contributed by atoms with Crippen molar-refractivity contribution in [2.45, 2.75) is 6.42 Å². The van der Waals surface area contributed by atoms with Gasteiger partial charge in [-0.1, -0.05) is 36.9 Å². The lowest BCUT2D eigenvalue weighted by Crippen LogP contribution is -1.90. The van der Waals surface area contributed by atoms with E-state index in [0.717, 1.165) is 22.5 Å². The molecule has 0 bridgehead atoms. The molecule has 2 aromatic rings. The average Bonchev–Trinajstić information content (AvgIpc) is 2.90. The highest BCUT2D eigenvalue weighted by Gasteiger charge is 2.22. The zero-order valence-electron chi connectivity index (χ0n) is 11.3. The van der Waals surface area contributed by atoms with E-state index in [9.17, 15) is 10.1 Å². The third kappa shape index (κ3) is 2.56. The lowest BCUT2D eigenvalue weighted by Gasteiger charge is -2.06. The molecule has 3 rings (SSSR count). The zero-order valence-corrected chi connectivity index (χ0v) is 11.3. The van der Waals surface area contributed by atoms with Crippen molar-refractivity contribution in [2.24, 2.45) is 0 Å². The fourth-order valence-electron chi connectivity index (χ4n) is 2.36. The minimum atomic E-state index is -0.412. The van der Waals surface area contributed by atoms with Gasteiger partial charge in [-0.05, 0) is 17.7 Å². The van der Waals surface area contributed by atoms with Crippen LogP contribution in [0, 0.1) is 10.1 Å². The summed E-state index contributed by atoms with van der Waals surface area (Å²) in [5, 5.41) is 10.7. The summed E-state index contributed by atoms with van der Waals surface area (Å²) >= 11 is 0. The second-order valence-electron chi connectivity index (χ2n) is 4.80. The van der Waals surface area contributed by atoms with Gasteiger partial charge >= 0.3 is 0 Å². The topological polar surface area (TPSA) is 52.4 Å². The Balaban J connectivity index is 2.05. The van der Waals surface area contributed by atoms with Gasteiger partial charge in [-0.2, -0.15) is 0 Å². The van der Waals surface area contributed by atoms with Gasteiger partial charge in [0, 0.05) is 29.7 Å². The number of hydrogen-bond acceptors (Lipinski definition) is 3. The summed E-state index contributed by atoms with van der Waals surface area (Å²) in [5.74, 6) is 1.41. The first-order valence-electron chi connectivity index (χ1n) is 6.54. The van der Waals surface area contributed by atoms with E-state index in [-0.39, 0.29) is 5.69 Å². The number of nitro benzene ring substituents is 1. The van der Waals surface area contributed by atoms with Crippen LogP contribution in [0.4, 0.5) is 5.69 Å². The van der Waals surface area contributed by atoms with Crippen LogP contribution in [0.3, 0.4) is 0 Å². The number of non-ortho nitro benzene ring substituents is 1. The van der Waals surface area contributed by atoms with Crippen LogP contribution in [-0.2, 0) is 4.74 Å². The molecule has 2 aromatic carbocycles. The van der Waals surface area contributed by atoms with Crippen LogP contribution in [-0.4, -0.2) is 4.92 Å². The van der Waals surface area contributed by atoms with Crippen molar-refractivity contribution < 1.29 is 9.66 Å². The van der Waals surface area contributed by atoms with Gasteiger partial charge in [-0.25, -0.2) is 0 Å². The van der Waals surface area contributed by atoms with Crippen LogP contribution in [0.1, 0.15) is 17.5 Å². The highest BCUT2D eigenvalue weighted by molar-refractivity contribution is 5.91. The summed E-state index contributed by atoms with van der Waals surface area (Å²) in [6.07, 6.45) is 0.649. The van der Waals surface area contributed by atoms with Gasteiger partial charge in [0.1, 0.15) is 11.5 Å². The number of ether oxygens (including phenoxy) is 1. The molecule has 0 spiro atoms. The molecule has 0 fully saturated rings. The van der Waals surface area contributed by atoms with Gasteiger partial charge in [0.25, 0.3) is 5.69 Å². The molecule has 1 aliphatic rings. The summed E-state index contributed by atoms with van der Waals surface area (Å²) < 4.78 is 5.73. The molecule has 0 radical (unpaired) electrons. The van der Waals surface area contributed by atoms with E-state index in [2.05, 4.69) is 6.58 Å². The van der Waals surface area contributed by atoms with Gasteiger partial charge in [-0.3, -0.25) is 10.1 Å². The van der Waals surface area contributed by atoms with E-state index < -0.39 is 4.92 Å². The minimum absolute atomic E-state index is 0.0671. The van der Waals surface area contributed by atoms with E-state index in [1.54, 1.807) is 12.1 Å². The Bertz CT molecular complexity index is 730. The van der Waals surface area contributed by atoms with Crippen molar-refractivity contribution in [2.75, 3.05) is 0 Å². The van der Waals surface area contributed by atoms with E-state index in [4.69, 9.17) is 4.74 Å². The maximum absolute atomic E-state index is 10.7. The number of benzene rings is 2. The Morgan fingerprint density at radius 1 is 1.00 bits per heavy atom. The number of nitro groups is 1. The van der Waals surface area contributed by atoms with E-state index in [1.807, 2.05) is 30.3 Å².